The SMILES string of the molecule is COc1ccc(C2Nn3c(C)ccc3SC2C(=O)Nc2ccccc2C(F)(F)F)cc1. The van der Waals surface area contributed by atoms with Crippen molar-refractivity contribution in [3.8, 4) is 5.75 Å². The fourth-order valence-corrected chi connectivity index (χ4v) is 4.71. The minimum atomic E-state index is -4.57. The van der Waals surface area contributed by atoms with Gasteiger partial charge in [-0.15, -0.1) is 0 Å². The summed E-state index contributed by atoms with van der Waals surface area (Å²) in [7, 11) is 1.56. The Bertz CT molecular complexity index is 1100. The Morgan fingerprint density at radius 1 is 1.10 bits per heavy atom. The van der Waals surface area contributed by atoms with Gasteiger partial charge >= 0.3 is 6.18 Å². The van der Waals surface area contributed by atoms with E-state index in [1.165, 1.54) is 30.0 Å². The Balaban J connectivity index is 1.68. The summed E-state index contributed by atoms with van der Waals surface area (Å²) in [6, 6.07) is 15.6. The van der Waals surface area contributed by atoms with Crippen molar-refractivity contribution in [2.75, 3.05) is 17.9 Å². The molecular formula is C22H20F3N3O2S. The molecule has 0 saturated carbocycles. The molecule has 0 fully saturated rings. The lowest BCUT2D eigenvalue weighted by Gasteiger charge is -2.34. The first kappa shape index (κ1) is 21.2. The third-order valence-electron chi connectivity index (χ3n) is 5.08. The van der Waals surface area contributed by atoms with Gasteiger partial charge in [0.05, 0.1) is 29.4 Å². The summed E-state index contributed by atoms with van der Waals surface area (Å²) < 4.78 is 47.2. The Morgan fingerprint density at radius 2 is 1.81 bits per heavy atom. The first-order valence-corrected chi connectivity index (χ1v) is 10.4. The Labute approximate surface area is 181 Å². The van der Waals surface area contributed by atoms with Gasteiger partial charge in [-0.2, -0.15) is 13.2 Å². The molecule has 0 bridgehead atoms. The number of benzene rings is 2. The number of nitrogens with one attached hydrogen (secondary N) is 2. The van der Waals surface area contributed by atoms with E-state index in [0.717, 1.165) is 22.3 Å². The maximum Gasteiger partial charge on any atom is 0.418 e. The lowest BCUT2D eigenvalue weighted by atomic mass is 10.0. The number of aryl methyl sites for hydroxylation is 1. The smallest absolute Gasteiger partial charge is 0.418 e. The molecule has 0 radical (unpaired) electrons. The molecule has 1 amide bonds. The van der Waals surface area contributed by atoms with E-state index in [4.69, 9.17) is 4.74 Å². The standard InChI is InChI=1S/C22H20F3N3O2S/c1-13-7-12-18-28(13)27-19(14-8-10-15(30-2)11-9-14)20(31-18)21(29)26-17-6-4-3-5-16(17)22(23,24)25/h3-12,19-20,27H,1-2H3,(H,26,29). The topological polar surface area (TPSA) is 55.3 Å². The van der Waals surface area contributed by atoms with Crippen molar-refractivity contribution in [2.24, 2.45) is 0 Å². The minimum Gasteiger partial charge on any atom is -0.497 e. The maximum absolute atomic E-state index is 13.4. The van der Waals surface area contributed by atoms with Gasteiger partial charge in [0.2, 0.25) is 5.91 Å². The number of aromatic nitrogens is 1. The number of alkyl halides is 3. The highest BCUT2D eigenvalue weighted by Gasteiger charge is 2.38. The minimum absolute atomic E-state index is 0.258. The van der Waals surface area contributed by atoms with Crippen molar-refractivity contribution in [1.82, 2.24) is 4.68 Å². The van der Waals surface area contributed by atoms with Gasteiger partial charge in [0.1, 0.15) is 11.0 Å². The van der Waals surface area contributed by atoms with E-state index in [1.807, 2.05) is 35.9 Å². The summed E-state index contributed by atoms with van der Waals surface area (Å²) in [6.07, 6.45) is -4.57. The molecule has 5 nitrogen and oxygen atoms in total. The van der Waals surface area contributed by atoms with Gasteiger partial charge in [-0.1, -0.05) is 36.0 Å². The summed E-state index contributed by atoms with van der Waals surface area (Å²) >= 11 is 1.31. The summed E-state index contributed by atoms with van der Waals surface area (Å²) in [4.78, 5) is 13.2. The highest BCUT2D eigenvalue weighted by molar-refractivity contribution is 8.00. The summed E-state index contributed by atoms with van der Waals surface area (Å²) in [5.41, 5.74) is 3.97. The fourth-order valence-electron chi connectivity index (χ4n) is 3.49. The van der Waals surface area contributed by atoms with Crippen molar-refractivity contribution in [1.29, 1.82) is 0 Å². The van der Waals surface area contributed by atoms with E-state index in [-0.39, 0.29) is 5.69 Å². The Morgan fingerprint density at radius 3 is 2.48 bits per heavy atom. The summed E-state index contributed by atoms with van der Waals surface area (Å²) in [6.45, 7) is 1.93. The zero-order chi connectivity index (χ0) is 22.2. The number of anilines is 1. The van der Waals surface area contributed by atoms with Gasteiger partial charge in [-0.25, -0.2) is 0 Å². The van der Waals surface area contributed by atoms with Crippen LogP contribution in [0.4, 0.5) is 18.9 Å². The highest BCUT2D eigenvalue weighted by atomic mass is 32.2. The quantitative estimate of drug-likeness (QED) is 0.576. The molecule has 0 saturated heterocycles. The third kappa shape index (κ3) is 4.23. The normalized spacial score (nSPS) is 18.1. The third-order valence-corrected chi connectivity index (χ3v) is 6.38. The number of rotatable bonds is 4. The molecule has 2 aromatic carbocycles. The predicted octanol–water partition coefficient (Wildman–Crippen LogP) is 5.22. The van der Waals surface area contributed by atoms with Crippen LogP contribution in [0.1, 0.15) is 22.9 Å². The number of carbonyl (C=O) groups is 1. The average Bonchev–Trinajstić information content (AvgIpc) is 3.12. The molecule has 1 aromatic heterocycles. The van der Waals surface area contributed by atoms with Gasteiger partial charge in [-0.3, -0.25) is 9.47 Å². The maximum atomic E-state index is 13.4. The molecule has 0 spiro atoms. The number of hydrogen-bond donors (Lipinski definition) is 2. The van der Waals surface area contributed by atoms with E-state index >= 15 is 0 Å². The number of ether oxygens (including phenoxy) is 1. The van der Waals surface area contributed by atoms with Crippen LogP contribution in [-0.4, -0.2) is 22.9 Å². The number of amides is 1. The first-order valence-electron chi connectivity index (χ1n) is 9.50. The zero-order valence-electron chi connectivity index (χ0n) is 16.7. The molecule has 2 unspecified atom stereocenters. The zero-order valence-corrected chi connectivity index (χ0v) is 17.6. The molecule has 3 aromatic rings. The molecule has 31 heavy (non-hydrogen) atoms. The van der Waals surface area contributed by atoms with Crippen molar-refractivity contribution < 1.29 is 22.7 Å². The number of thioether (sulfide) groups is 1. The molecule has 1 aliphatic heterocycles. The van der Waals surface area contributed by atoms with Crippen LogP contribution in [0.2, 0.25) is 0 Å². The number of fused-ring (bicyclic) bond motifs is 1. The second-order valence-electron chi connectivity index (χ2n) is 7.10. The van der Waals surface area contributed by atoms with E-state index in [2.05, 4.69) is 10.7 Å². The monoisotopic (exact) mass is 447 g/mol. The Hall–Kier alpha value is -3.07. The largest absolute Gasteiger partial charge is 0.497 e. The van der Waals surface area contributed by atoms with E-state index in [0.29, 0.717) is 5.75 Å². The Kier molecular flexibility index (Phi) is 5.62. The summed E-state index contributed by atoms with van der Waals surface area (Å²) in [5.74, 6) is 0.158. The van der Waals surface area contributed by atoms with Crippen molar-refractivity contribution >= 4 is 23.4 Å². The fraction of sp³-hybridized carbons (Fsp3) is 0.227. The van der Waals surface area contributed by atoms with Crippen molar-refractivity contribution in [3.05, 3.63) is 77.5 Å². The van der Waals surface area contributed by atoms with Crippen molar-refractivity contribution in [3.63, 3.8) is 0 Å². The molecule has 0 aliphatic carbocycles. The van der Waals surface area contributed by atoms with Crippen LogP contribution in [0.15, 0.2) is 65.7 Å². The van der Waals surface area contributed by atoms with Crippen LogP contribution >= 0.6 is 11.8 Å². The second kappa shape index (κ2) is 8.22. The average molecular weight is 447 g/mol. The van der Waals surface area contributed by atoms with Crippen molar-refractivity contribution in [2.45, 2.75) is 29.4 Å². The molecule has 4 rings (SSSR count). The van der Waals surface area contributed by atoms with Gasteiger partial charge in [0.25, 0.3) is 0 Å². The number of hydrogen-bond acceptors (Lipinski definition) is 4. The molecule has 2 heterocycles. The van der Waals surface area contributed by atoms with Crippen LogP contribution in [-0.2, 0) is 11.0 Å². The van der Waals surface area contributed by atoms with E-state index in [9.17, 15) is 18.0 Å². The van der Waals surface area contributed by atoms with Crippen LogP contribution in [0.25, 0.3) is 0 Å². The van der Waals surface area contributed by atoms with E-state index in [1.54, 1.807) is 19.2 Å². The number of methoxy groups -OCH3 is 1. The number of nitrogens with zero attached hydrogens (tertiary/aromatic N) is 1. The molecule has 162 valence electrons. The lowest BCUT2D eigenvalue weighted by molar-refractivity contribution is -0.137. The second-order valence-corrected chi connectivity index (χ2v) is 8.26. The van der Waals surface area contributed by atoms with E-state index < -0.39 is 28.9 Å². The van der Waals surface area contributed by atoms with Crippen LogP contribution in [0, 0.1) is 6.92 Å². The lowest BCUT2D eigenvalue weighted by Crippen LogP contribution is -2.41. The molecule has 1 aliphatic rings. The first-order chi connectivity index (χ1) is 14.8. The molecule has 2 atom stereocenters. The van der Waals surface area contributed by atoms with Gasteiger partial charge in [0.15, 0.2) is 0 Å². The number of halogens is 3. The number of para-hydroxylation sites is 1. The summed E-state index contributed by atoms with van der Waals surface area (Å²) in [5, 5.41) is 2.61. The van der Waals surface area contributed by atoms with Crippen LogP contribution in [0.3, 0.4) is 0 Å². The molecule has 2 N–H and O–H groups in total. The molecule has 9 heteroatoms. The predicted molar refractivity (Wildman–Crippen MR) is 114 cm³/mol. The van der Waals surface area contributed by atoms with Gasteiger partial charge < -0.3 is 15.5 Å². The van der Waals surface area contributed by atoms with Gasteiger partial charge in [0, 0.05) is 5.69 Å². The van der Waals surface area contributed by atoms with Crippen LogP contribution < -0.4 is 15.5 Å². The number of carbonyl (C=O) groups excluding carboxylic acids is 1. The highest BCUT2D eigenvalue weighted by Crippen LogP contribution is 2.40. The van der Waals surface area contributed by atoms with Gasteiger partial charge in [-0.05, 0) is 48.9 Å². The van der Waals surface area contributed by atoms with Crippen LogP contribution in [0.5, 0.6) is 5.75 Å². The molecular weight excluding hydrogens is 427 g/mol.